The monoisotopic (exact) mass is 802 g/mol. The second-order valence-electron chi connectivity index (χ2n) is 13.8. The van der Waals surface area contributed by atoms with Crippen LogP contribution < -0.4 is 24.8 Å². The SMILES string of the molecule is Cc1ccc(C2=Cc3c(-c4ccc5ccccc5c4)cccc3[CH]2[Zr+2][CH]2C(c3ccc(C)o3)=Cc3c(-c4ccc5ccccc5c4)cccc32)o1.[Cl-].[Cl-]. The molecule has 0 saturated carbocycles. The van der Waals surface area contributed by atoms with Gasteiger partial charge in [-0.05, 0) is 0 Å². The standard InChI is InChI=1S/2C24H17O.2ClH.Zr/c2*1-16-9-12-24(25-16)21-14-19-7-4-8-22(23(19)15-21)20-11-10-17-5-2-3-6-18(17)13-20;;;/h2*2-15H,1H3;2*1H;/q;;;;+2/p-2. The largest absolute Gasteiger partial charge is 1.00 e. The molecule has 0 aliphatic heterocycles. The second-order valence-corrected chi connectivity index (χ2v) is 17.5. The van der Waals surface area contributed by atoms with E-state index in [1.54, 1.807) is 0 Å². The van der Waals surface area contributed by atoms with Crippen LogP contribution in [0.15, 0.2) is 154 Å². The van der Waals surface area contributed by atoms with Crippen molar-refractivity contribution < 1.29 is 56.9 Å². The first-order chi connectivity index (χ1) is 25.1. The van der Waals surface area contributed by atoms with Crippen LogP contribution in [0, 0.1) is 13.8 Å². The predicted molar refractivity (Wildman–Crippen MR) is 207 cm³/mol. The molecule has 0 radical (unpaired) electrons. The van der Waals surface area contributed by atoms with E-state index in [0.717, 1.165) is 23.0 Å². The number of allylic oxidation sites excluding steroid dienone is 2. The number of hydrogen-bond donors (Lipinski definition) is 0. The van der Waals surface area contributed by atoms with Gasteiger partial charge in [0.25, 0.3) is 0 Å². The van der Waals surface area contributed by atoms with Gasteiger partial charge in [-0.3, -0.25) is 0 Å². The number of benzene rings is 6. The van der Waals surface area contributed by atoms with Crippen molar-refractivity contribution in [1.82, 2.24) is 0 Å². The maximum Gasteiger partial charge on any atom is -1.00 e. The van der Waals surface area contributed by atoms with Gasteiger partial charge in [0.1, 0.15) is 0 Å². The van der Waals surface area contributed by atoms with E-state index in [1.807, 2.05) is 13.8 Å². The molecule has 0 bridgehead atoms. The first-order valence-electron chi connectivity index (χ1n) is 17.6. The minimum atomic E-state index is -1.34. The predicted octanol–water partition coefficient (Wildman–Crippen LogP) is 7.11. The van der Waals surface area contributed by atoms with Crippen LogP contribution in [0.3, 0.4) is 0 Å². The first-order valence-corrected chi connectivity index (χ1v) is 20.5. The van der Waals surface area contributed by atoms with Crippen molar-refractivity contribution in [2.24, 2.45) is 0 Å². The molecule has 8 aromatic rings. The molecule has 0 amide bonds. The Balaban J connectivity index is 0.00000200. The van der Waals surface area contributed by atoms with Crippen molar-refractivity contribution in [3.8, 4) is 22.3 Å². The Morgan fingerprint density at radius 2 is 0.868 bits per heavy atom. The molecule has 2 aliphatic rings. The summed E-state index contributed by atoms with van der Waals surface area (Å²) in [6.45, 7) is 4.09. The molecular formula is C48H34Cl2O2Zr. The molecule has 10 rings (SSSR count). The van der Waals surface area contributed by atoms with Crippen molar-refractivity contribution >= 4 is 44.8 Å². The Hall–Kier alpha value is -4.66. The van der Waals surface area contributed by atoms with Crippen LogP contribution in [0.2, 0.25) is 0 Å². The number of hydrogen-bond acceptors (Lipinski definition) is 2. The number of aryl methyl sites for hydroxylation is 2. The van der Waals surface area contributed by atoms with Crippen molar-refractivity contribution in [3.63, 3.8) is 0 Å². The smallest absolute Gasteiger partial charge is 1.00 e. The summed E-state index contributed by atoms with van der Waals surface area (Å²) < 4.78 is 13.4. The minimum Gasteiger partial charge on any atom is -1.00 e. The van der Waals surface area contributed by atoms with Gasteiger partial charge in [-0.25, -0.2) is 0 Å². The van der Waals surface area contributed by atoms with E-state index >= 15 is 0 Å². The van der Waals surface area contributed by atoms with Crippen molar-refractivity contribution in [1.29, 1.82) is 0 Å². The average molecular weight is 805 g/mol. The van der Waals surface area contributed by atoms with Crippen LogP contribution in [0.25, 0.3) is 67.1 Å². The van der Waals surface area contributed by atoms with E-state index in [-0.39, 0.29) is 24.8 Å². The third-order valence-electron chi connectivity index (χ3n) is 10.6. The molecule has 256 valence electrons. The van der Waals surface area contributed by atoms with Gasteiger partial charge in [-0.2, -0.15) is 0 Å². The zero-order valence-electron chi connectivity index (χ0n) is 29.2. The third kappa shape index (κ3) is 6.20. The van der Waals surface area contributed by atoms with Crippen LogP contribution in [-0.4, -0.2) is 0 Å². The molecule has 2 atom stereocenters. The topological polar surface area (TPSA) is 26.3 Å². The van der Waals surface area contributed by atoms with Gasteiger partial charge in [0.2, 0.25) is 0 Å². The van der Waals surface area contributed by atoms with Crippen LogP contribution in [0.4, 0.5) is 0 Å². The maximum absolute atomic E-state index is 6.42. The fraction of sp³-hybridized carbons (Fsp3) is 0.0833. The van der Waals surface area contributed by atoms with Gasteiger partial charge in [0.05, 0.1) is 0 Å². The molecule has 0 saturated heterocycles. The van der Waals surface area contributed by atoms with Crippen LogP contribution in [-0.2, 0) is 23.2 Å². The quantitative estimate of drug-likeness (QED) is 0.179. The zero-order valence-corrected chi connectivity index (χ0v) is 33.2. The van der Waals surface area contributed by atoms with Gasteiger partial charge in [-0.1, -0.05) is 0 Å². The Kier molecular flexibility index (Phi) is 9.54. The van der Waals surface area contributed by atoms with E-state index in [4.69, 9.17) is 8.83 Å². The molecule has 53 heavy (non-hydrogen) atoms. The van der Waals surface area contributed by atoms with Gasteiger partial charge in [0.15, 0.2) is 0 Å². The van der Waals surface area contributed by atoms with Crippen molar-refractivity contribution in [3.05, 3.63) is 191 Å². The molecule has 2 aliphatic carbocycles. The van der Waals surface area contributed by atoms with E-state index < -0.39 is 23.2 Å². The first kappa shape index (κ1) is 35.4. The number of furan rings is 2. The van der Waals surface area contributed by atoms with Crippen molar-refractivity contribution in [2.75, 3.05) is 0 Å². The number of fused-ring (bicyclic) bond motifs is 4. The zero-order chi connectivity index (χ0) is 34.1. The minimum absolute atomic E-state index is 0. The summed E-state index contributed by atoms with van der Waals surface area (Å²) in [5.41, 5.74) is 13.2. The summed E-state index contributed by atoms with van der Waals surface area (Å²) in [5.74, 6) is 3.86. The molecular weight excluding hydrogens is 771 g/mol. The Morgan fingerprint density at radius 1 is 0.434 bits per heavy atom. The maximum atomic E-state index is 6.42. The summed E-state index contributed by atoms with van der Waals surface area (Å²) in [6.07, 6.45) is 4.87. The van der Waals surface area contributed by atoms with Crippen LogP contribution in [0.1, 0.15) is 52.5 Å². The molecule has 2 unspecified atom stereocenters. The summed E-state index contributed by atoms with van der Waals surface area (Å²) >= 11 is -1.34. The summed E-state index contributed by atoms with van der Waals surface area (Å²) in [6, 6.07) is 53.3. The van der Waals surface area contributed by atoms with Gasteiger partial charge in [0, 0.05) is 0 Å². The molecule has 6 aromatic carbocycles. The van der Waals surface area contributed by atoms with Crippen LogP contribution in [0.5, 0.6) is 0 Å². The van der Waals surface area contributed by atoms with Gasteiger partial charge in [-0.15, -0.1) is 0 Å². The van der Waals surface area contributed by atoms with E-state index in [0.29, 0.717) is 7.25 Å². The van der Waals surface area contributed by atoms with Gasteiger partial charge < -0.3 is 24.8 Å². The summed E-state index contributed by atoms with van der Waals surface area (Å²) in [7, 11) is 0. The summed E-state index contributed by atoms with van der Waals surface area (Å²) in [5, 5.41) is 5.05. The normalized spacial score (nSPS) is 15.6. The van der Waals surface area contributed by atoms with Crippen molar-refractivity contribution in [2.45, 2.75) is 21.1 Å². The Morgan fingerprint density at radius 3 is 1.28 bits per heavy atom. The third-order valence-corrected chi connectivity index (χ3v) is 15.3. The van der Waals surface area contributed by atoms with E-state index in [9.17, 15) is 0 Å². The van der Waals surface area contributed by atoms with E-state index in [1.165, 1.54) is 77.2 Å². The Bertz CT molecular complexity index is 2540. The molecule has 5 heteroatoms. The van der Waals surface area contributed by atoms with Crippen LogP contribution >= 0.6 is 0 Å². The Labute approximate surface area is 333 Å². The van der Waals surface area contributed by atoms with Gasteiger partial charge >= 0.3 is 311 Å². The fourth-order valence-corrected chi connectivity index (χ4v) is 13.1. The molecule has 0 fully saturated rings. The fourth-order valence-electron chi connectivity index (χ4n) is 8.15. The molecule has 2 nitrogen and oxygen atoms in total. The molecule has 0 N–H and O–H groups in total. The molecule has 2 aromatic heterocycles. The second kappa shape index (κ2) is 14.3. The van der Waals surface area contributed by atoms with E-state index in [2.05, 4.69) is 158 Å². The summed E-state index contributed by atoms with van der Waals surface area (Å²) in [4.78, 5) is 0. The number of rotatable bonds is 6. The average Bonchev–Trinajstić information content (AvgIpc) is 3.97. The molecule has 2 heterocycles. The molecule has 0 spiro atoms. The number of halogens is 2.